The molecule has 0 aromatic heterocycles. The van der Waals surface area contributed by atoms with Crippen LogP contribution in [0.15, 0.2) is 24.3 Å². The summed E-state index contributed by atoms with van der Waals surface area (Å²) in [6, 6.07) is 0. The van der Waals surface area contributed by atoms with Crippen molar-refractivity contribution in [1.29, 1.82) is 0 Å². The largest absolute Gasteiger partial charge is 0.469 e. The number of esters is 1. The Morgan fingerprint density at radius 2 is 2.12 bits per heavy atom. The normalized spacial score (nSPS) is 22.1. The first-order valence-electron chi connectivity index (χ1n) is 9.69. The molecular formula is C21H34O4. The zero-order valence-corrected chi connectivity index (χ0v) is 15.8. The summed E-state index contributed by atoms with van der Waals surface area (Å²) in [6.07, 6.45) is 16.1. The van der Waals surface area contributed by atoms with Crippen molar-refractivity contribution in [2.24, 2.45) is 11.8 Å². The zero-order valence-electron chi connectivity index (χ0n) is 15.8. The Balaban J connectivity index is 2.35. The highest BCUT2D eigenvalue weighted by Gasteiger charge is 2.31. The van der Waals surface area contributed by atoms with Gasteiger partial charge in [-0.2, -0.15) is 0 Å². The average molecular weight is 350 g/mol. The fourth-order valence-corrected chi connectivity index (χ4v) is 3.27. The number of unbranched alkanes of at least 4 members (excludes halogenated alkanes) is 3. The lowest BCUT2D eigenvalue weighted by atomic mass is 9.91. The number of carbonyl (C=O) groups is 2. The van der Waals surface area contributed by atoms with Gasteiger partial charge in [0.25, 0.3) is 0 Å². The minimum atomic E-state index is -0.392. The standard InChI is InChI=1S/C21H34O4/c1-3-4-7-10-18(22)15-13-17-14-16-20(23)19(17)11-8-5-6-9-12-21(24)25-2/h5,8,13,15,17-19,22H,3-4,6-7,9-12,14,16H2,1-2H3/b8-5-,15-13+/t17-,18?,19+/m0/s1. The van der Waals surface area contributed by atoms with Gasteiger partial charge in [0.2, 0.25) is 0 Å². The molecule has 1 rings (SSSR count). The third-order valence-electron chi connectivity index (χ3n) is 4.87. The van der Waals surface area contributed by atoms with Crippen molar-refractivity contribution in [1.82, 2.24) is 0 Å². The second-order valence-corrected chi connectivity index (χ2v) is 6.90. The van der Waals surface area contributed by atoms with Crippen molar-refractivity contribution < 1.29 is 19.4 Å². The van der Waals surface area contributed by atoms with E-state index in [0.29, 0.717) is 18.6 Å². The quantitative estimate of drug-likeness (QED) is 0.322. The molecule has 1 aliphatic rings. The molecule has 0 bridgehead atoms. The van der Waals surface area contributed by atoms with Crippen LogP contribution in [0.3, 0.4) is 0 Å². The van der Waals surface area contributed by atoms with Gasteiger partial charge in [-0.1, -0.05) is 50.5 Å². The summed E-state index contributed by atoms with van der Waals surface area (Å²) in [7, 11) is 1.40. The monoisotopic (exact) mass is 350 g/mol. The van der Waals surface area contributed by atoms with Crippen LogP contribution < -0.4 is 0 Å². The number of hydrogen-bond acceptors (Lipinski definition) is 4. The third kappa shape index (κ3) is 9.01. The van der Waals surface area contributed by atoms with Crippen LogP contribution in [0.5, 0.6) is 0 Å². The van der Waals surface area contributed by atoms with E-state index >= 15 is 0 Å². The molecule has 0 heterocycles. The minimum absolute atomic E-state index is 0.0379. The predicted octanol–water partition coefficient (Wildman–Crippen LogP) is 4.37. The summed E-state index contributed by atoms with van der Waals surface area (Å²) in [5.41, 5.74) is 0. The molecular weight excluding hydrogens is 316 g/mol. The molecule has 1 saturated carbocycles. The Morgan fingerprint density at radius 1 is 1.32 bits per heavy atom. The molecule has 4 nitrogen and oxygen atoms in total. The van der Waals surface area contributed by atoms with Gasteiger partial charge in [0.1, 0.15) is 5.78 Å². The van der Waals surface area contributed by atoms with Crippen molar-refractivity contribution in [3.05, 3.63) is 24.3 Å². The lowest BCUT2D eigenvalue weighted by Gasteiger charge is -2.13. The van der Waals surface area contributed by atoms with E-state index in [2.05, 4.69) is 29.9 Å². The van der Waals surface area contributed by atoms with E-state index in [-0.39, 0.29) is 17.8 Å². The summed E-state index contributed by atoms with van der Waals surface area (Å²) in [5.74, 6) is 0.431. The van der Waals surface area contributed by atoms with Crippen LogP contribution in [-0.2, 0) is 14.3 Å². The molecule has 1 fully saturated rings. The van der Waals surface area contributed by atoms with Crippen molar-refractivity contribution in [2.75, 3.05) is 7.11 Å². The zero-order chi connectivity index (χ0) is 18.5. The van der Waals surface area contributed by atoms with Crippen LogP contribution in [0.1, 0.15) is 71.1 Å². The first kappa shape index (κ1) is 21.6. The highest BCUT2D eigenvalue weighted by Crippen LogP contribution is 2.33. The van der Waals surface area contributed by atoms with Crippen molar-refractivity contribution in [2.45, 2.75) is 77.2 Å². The number of ketones is 1. The van der Waals surface area contributed by atoms with Gasteiger partial charge in [-0.3, -0.25) is 9.59 Å². The van der Waals surface area contributed by atoms with Crippen LogP contribution in [0.25, 0.3) is 0 Å². The summed E-state index contributed by atoms with van der Waals surface area (Å²) in [6.45, 7) is 2.15. The van der Waals surface area contributed by atoms with Gasteiger partial charge in [0, 0.05) is 18.8 Å². The van der Waals surface area contributed by atoms with Crippen LogP contribution >= 0.6 is 0 Å². The van der Waals surface area contributed by atoms with Gasteiger partial charge >= 0.3 is 5.97 Å². The van der Waals surface area contributed by atoms with E-state index < -0.39 is 6.10 Å². The molecule has 0 aliphatic heterocycles. The van der Waals surface area contributed by atoms with Crippen LogP contribution in [0.4, 0.5) is 0 Å². The van der Waals surface area contributed by atoms with Gasteiger partial charge in [-0.15, -0.1) is 0 Å². The average Bonchev–Trinajstić information content (AvgIpc) is 2.96. The Kier molecular flexibility index (Phi) is 11.1. The fourth-order valence-electron chi connectivity index (χ4n) is 3.27. The van der Waals surface area contributed by atoms with Gasteiger partial charge < -0.3 is 9.84 Å². The first-order chi connectivity index (χ1) is 12.1. The van der Waals surface area contributed by atoms with Gasteiger partial charge in [-0.25, -0.2) is 0 Å². The lowest BCUT2D eigenvalue weighted by molar-refractivity contribution is -0.140. The Labute approximate surface area is 152 Å². The second kappa shape index (κ2) is 12.9. The summed E-state index contributed by atoms with van der Waals surface area (Å²) in [4.78, 5) is 23.1. The Morgan fingerprint density at radius 3 is 2.84 bits per heavy atom. The SMILES string of the molecule is CCCCCC(O)/C=C/[C@H]1CCC(=O)[C@@H]1C/C=C\CCCC(=O)OC. The number of aliphatic hydroxyl groups excluding tert-OH is 1. The highest BCUT2D eigenvalue weighted by atomic mass is 16.5. The van der Waals surface area contributed by atoms with Gasteiger partial charge in [0.05, 0.1) is 13.2 Å². The molecule has 4 heteroatoms. The van der Waals surface area contributed by atoms with E-state index in [9.17, 15) is 14.7 Å². The Bertz CT molecular complexity index is 453. The molecule has 142 valence electrons. The maximum absolute atomic E-state index is 12.1. The fraction of sp³-hybridized carbons (Fsp3) is 0.714. The predicted molar refractivity (Wildman–Crippen MR) is 100 cm³/mol. The van der Waals surface area contributed by atoms with Crippen LogP contribution in [0.2, 0.25) is 0 Å². The lowest BCUT2D eigenvalue weighted by Crippen LogP contribution is -2.13. The van der Waals surface area contributed by atoms with Crippen molar-refractivity contribution >= 4 is 11.8 Å². The number of rotatable bonds is 12. The second-order valence-electron chi connectivity index (χ2n) is 6.90. The number of allylic oxidation sites excluding steroid dienone is 3. The molecule has 3 atom stereocenters. The highest BCUT2D eigenvalue weighted by molar-refractivity contribution is 5.83. The molecule has 0 aromatic carbocycles. The summed E-state index contributed by atoms with van der Waals surface area (Å²) in [5, 5.41) is 10.0. The molecule has 1 N–H and O–H groups in total. The van der Waals surface area contributed by atoms with E-state index in [0.717, 1.165) is 51.4 Å². The minimum Gasteiger partial charge on any atom is -0.469 e. The van der Waals surface area contributed by atoms with Gasteiger partial charge in [-0.05, 0) is 38.0 Å². The maximum atomic E-state index is 12.1. The molecule has 0 amide bonds. The molecule has 0 spiro atoms. The van der Waals surface area contributed by atoms with Crippen molar-refractivity contribution in [3.8, 4) is 0 Å². The number of Topliss-reactive ketones (excluding diaryl/α,β-unsaturated/α-hetero) is 1. The van der Waals surface area contributed by atoms with Crippen molar-refractivity contribution in [3.63, 3.8) is 0 Å². The third-order valence-corrected chi connectivity index (χ3v) is 4.87. The van der Waals surface area contributed by atoms with E-state index in [1.807, 2.05) is 6.08 Å². The maximum Gasteiger partial charge on any atom is 0.305 e. The summed E-state index contributed by atoms with van der Waals surface area (Å²) < 4.78 is 4.61. The van der Waals surface area contributed by atoms with E-state index in [1.165, 1.54) is 7.11 Å². The molecule has 1 aliphatic carbocycles. The number of ether oxygens (including phenoxy) is 1. The first-order valence-corrected chi connectivity index (χ1v) is 9.69. The number of methoxy groups -OCH3 is 1. The van der Waals surface area contributed by atoms with Crippen LogP contribution in [-0.4, -0.2) is 30.1 Å². The van der Waals surface area contributed by atoms with E-state index in [1.54, 1.807) is 0 Å². The molecule has 1 unspecified atom stereocenters. The van der Waals surface area contributed by atoms with Gasteiger partial charge in [0.15, 0.2) is 0 Å². The molecule has 0 radical (unpaired) electrons. The smallest absolute Gasteiger partial charge is 0.305 e. The number of hydrogen-bond donors (Lipinski definition) is 1. The van der Waals surface area contributed by atoms with E-state index in [4.69, 9.17) is 0 Å². The molecule has 0 aromatic rings. The molecule has 0 saturated heterocycles. The summed E-state index contributed by atoms with van der Waals surface area (Å²) >= 11 is 0. The Hall–Kier alpha value is -1.42. The number of carbonyl (C=O) groups excluding carboxylic acids is 2. The number of aliphatic hydroxyl groups is 1. The molecule has 25 heavy (non-hydrogen) atoms. The topological polar surface area (TPSA) is 63.6 Å². The van der Waals surface area contributed by atoms with Crippen LogP contribution in [0, 0.1) is 11.8 Å².